The number of rotatable bonds is 2. The van der Waals surface area contributed by atoms with E-state index in [-0.39, 0.29) is 5.69 Å². The number of amides is 2. The van der Waals surface area contributed by atoms with Gasteiger partial charge in [-0.25, -0.2) is 18.0 Å². The zero-order valence-corrected chi connectivity index (χ0v) is 14.7. The van der Waals surface area contributed by atoms with E-state index in [1.807, 2.05) is 13.8 Å². The Bertz CT molecular complexity index is 813. The second-order valence-electron chi connectivity index (χ2n) is 6.47. The van der Waals surface area contributed by atoms with Gasteiger partial charge >= 0.3 is 6.03 Å². The number of urea groups is 1. The van der Waals surface area contributed by atoms with E-state index in [0.717, 1.165) is 17.8 Å². The Balaban J connectivity index is 1.63. The van der Waals surface area contributed by atoms with Crippen molar-refractivity contribution in [1.29, 1.82) is 0 Å². The number of hydrogen-bond acceptors (Lipinski definition) is 2. The highest BCUT2D eigenvalue weighted by atomic mass is 19.2. The SMILES string of the molecule is Cc1cc(C)cc(N2CCN(C(=O)Nc3ccc(F)c(F)c3F)CC2)c1. The maximum absolute atomic E-state index is 13.7. The number of nitrogens with zero attached hydrogens (tertiary/aromatic N) is 2. The number of carbonyl (C=O) groups is 1. The molecule has 1 aliphatic heterocycles. The first-order chi connectivity index (χ1) is 12.3. The molecular weight excluding hydrogens is 343 g/mol. The standard InChI is InChI=1S/C19H20F3N3O/c1-12-9-13(2)11-14(10-12)24-5-7-25(8-6-24)19(26)23-16-4-3-15(20)17(21)18(16)22/h3-4,9-11H,5-8H2,1-2H3,(H,23,26). The molecule has 2 aromatic carbocycles. The first kappa shape index (κ1) is 18.1. The van der Waals surface area contributed by atoms with Crippen LogP contribution in [-0.4, -0.2) is 37.1 Å². The Morgan fingerprint density at radius 1 is 0.923 bits per heavy atom. The second kappa shape index (κ2) is 7.27. The van der Waals surface area contributed by atoms with Gasteiger partial charge in [0, 0.05) is 31.9 Å². The predicted molar refractivity (Wildman–Crippen MR) is 95.0 cm³/mol. The highest BCUT2D eigenvalue weighted by Gasteiger charge is 2.23. The summed E-state index contributed by atoms with van der Waals surface area (Å²) >= 11 is 0. The van der Waals surface area contributed by atoms with Gasteiger partial charge in [0.1, 0.15) is 0 Å². The van der Waals surface area contributed by atoms with E-state index in [9.17, 15) is 18.0 Å². The molecule has 3 rings (SSSR count). The third-order valence-electron chi connectivity index (χ3n) is 4.42. The van der Waals surface area contributed by atoms with Crippen molar-refractivity contribution in [3.63, 3.8) is 0 Å². The molecule has 1 heterocycles. The highest BCUT2D eigenvalue weighted by molar-refractivity contribution is 5.89. The Morgan fingerprint density at radius 2 is 1.54 bits per heavy atom. The summed E-state index contributed by atoms with van der Waals surface area (Å²) in [5.74, 6) is -4.28. The fourth-order valence-corrected chi connectivity index (χ4v) is 3.12. The number of benzene rings is 2. The molecule has 0 spiro atoms. The monoisotopic (exact) mass is 363 g/mol. The molecule has 1 saturated heterocycles. The summed E-state index contributed by atoms with van der Waals surface area (Å²) in [5, 5.41) is 2.31. The average Bonchev–Trinajstić information content (AvgIpc) is 2.61. The molecular formula is C19H20F3N3O. The third-order valence-corrected chi connectivity index (χ3v) is 4.42. The van der Waals surface area contributed by atoms with Crippen molar-refractivity contribution in [3.8, 4) is 0 Å². The van der Waals surface area contributed by atoms with Gasteiger partial charge in [-0.1, -0.05) is 6.07 Å². The molecule has 0 aliphatic carbocycles. The van der Waals surface area contributed by atoms with Gasteiger partial charge in [-0.15, -0.1) is 0 Å². The predicted octanol–water partition coefficient (Wildman–Crippen LogP) is 4.07. The summed E-state index contributed by atoms with van der Waals surface area (Å²) < 4.78 is 39.9. The maximum atomic E-state index is 13.7. The van der Waals surface area contributed by atoms with E-state index in [1.165, 1.54) is 16.0 Å². The maximum Gasteiger partial charge on any atom is 0.322 e. The van der Waals surface area contributed by atoms with Crippen LogP contribution in [0.5, 0.6) is 0 Å². The molecule has 0 bridgehead atoms. The van der Waals surface area contributed by atoms with Gasteiger partial charge in [0.05, 0.1) is 5.69 Å². The van der Waals surface area contributed by atoms with Gasteiger partial charge in [-0.3, -0.25) is 0 Å². The number of piperazine rings is 1. The molecule has 1 fully saturated rings. The number of aryl methyl sites for hydroxylation is 2. The summed E-state index contributed by atoms with van der Waals surface area (Å²) in [6.45, 7) is 6.24. The lowest BCUT2D eigenvalue weighted by Crippen LogP contribution is -2.50. The van der Waals surface area contributed by atoms with Gasteiger partial charge in [0.2, 0.25) is 0 Å². The smallest absolute Gasteiger partial charge is 0.322 e. The van der Waals surface area contributed by atoms with Crippen molar-refractivity contribution in [1.82, 2.24) is 4.90 Å². The van der Waals surface area contributed by atoms with E-state index in [4.69, 9.17) is 0 Å². The molecule has 0 atom stereocenters. The molecule has 0 aromatic heterocycles. The number of anilines is 2. The number of halogens is 3. The summed E-state index contributed by atoms with van der Waals surface area (Å²) in [6, 6.07) is 7.56. The zero-order valence-electron chi connectivity index (χ0n) is 14.7. The number of carbonyl (C=O) groups excluding carboxylic acids is 1. The molecule has 2 aromatic rings. The van der Waals surface area contributed by atoms with Crippen LogP contribution in [0.3, 0.4) is 0 Å². The third kappa shape index (κ3) is 3.76. The van der Waals surface area contributed by atoms with E-state index < -0.39 is 23.5 Å². The number of hydrogen-bond donors (Lipinski definition) is 1. The number of nitrogens with one attached hydrogen (secondary N) is 1. The van der Waals surface area contributed by atoms with Crippen molar-refractivity contribution < 1.29 is 18.0 Å². The summed E-state index contributed by atoms with van der Waals surface area (Å²) in [5.41, 5.74) is 3.09. The Morgan fingerprint density at radius 3 is 2.15 bits per heavy atom. The summed E-state index contributed by atoms with van der Waals surface area (Å²) in [6.07, 6.45) is 0. The zero-order chi connectivity index (χ0) is 18.8. The fourth-order valence-electron chi connectivity index (χ4n) is 3.12. The van der Waals surface area contributed by atoms with Crippen molar-refractivity contribution in [2.75, 3.05) is 36.4 Å². The molecule has 1 N–H and O–H groups in total. The van der Waals surface area contributed by atoms with Crippen LogP contribution in [0, 0.1) is 31.3 Å². The Labute approximate surface area is 150 Å². The first-order valence-corrected chi connectivity index (χ1v) is 8.38. The van der Waals surface area contributed by atoms with Crippen LogP contribution >= 0.6 is 0 Å². The van der Waals surface area contributed by atoms with Crippen molar-refractivity contribution in [2.24, 2.45) is 0 Å². The van der Waals surface area contributed by atoms with Crippen molar-refractivity contribution in [3.05, 3.63) is 58.9 Å². The van der Waals surface area contributed by atoms with Crippen molar-refractivity contribution in [2.45, 2.75) is 13.8 Å². The van der Waals surface area contributed by atoms with Crippen LogP contribution in [0.1, 0.15) is 11.1 Å². The van der Waals surface area contributed by atoms with Gasteiger partial charge in [0.15, 0.2) is 17.5 Å². The lowest BCUT2D eigenvalue weighted by atomic mass is 10.1. The fraction of sp³-hybridized carbons (Fsp3) is 0.316. The average molecular weight is 363 g/mol. The van der Waals surface area contributed by atoms with Crippen molar-refractivity contribution >= 4 is 17.4 Å². The van der Waals surface area contributed by atoms with E-state index in [2.05, 4.69) is 28.4 Å². The van der Waals surface area contributed by atoms with Crippen LogP contribution in [0.2, 0.25) is 0 Å². The molecule has 4 nitrogen and oxygen atoms in total. The van der Waals surface area contributed by atoms with E-state index in [1.54, 1.807) is 0 Å². The van der Waals surface area contributed by atoms with Gasteiger partial charge in [0.25, 0.3) is 0 Å². The van der Waals surface area contributed by atoms with E-state index in [0.29, 0.717) is 26.2 Å². The lowest BCUT2D eigenvalue weighted by molar-refractivity contribution is 0.208. The minimum Gasteiger partial charge on any atom is -0.368 e. The molecule has 0 unspecified atom stereocenters. The first-order valence-electron chi connectivity index (χ1n) is 8.38. The molecule has 7 heteroatoms. The van der Waals surface area contributed by atoms with Crippen LogP contribution in [-0.2, 0) is 0 Å². The molecule has 0 saturated carbocycles. The molecule has 26 heavy (non-hydrogen) atoms. The summed E-state index contributed by atoms with van der Waals surface area (Å²) in [7, 11) is 0. The van der Waals surface area contributed by atoms with Crippen LogP contribution in [0.4, 0.5) is 29.3 Å². The van der Waals surface area contributed by atoms with Gasteiger partial charge in [-0.2, -0.15) is 0 Å². The molecule has 138 valence electrons. The van der Waals surface area contributed by atoms with Crippen LogP contribution < -0.4 is 10.2 Å². The molecule has 0 radical (unpaired) electrons. The minimum absolute atomic E-state index is 0.370. The largest absolute Gasteiger partial charge is 0.368 e. The summed E-state index contributed by atoms with van der Waals surface area (Å²) in [4.78, 5) is 16.0. The van der Waals surface area contributed by atoms with Gasteiger partial charge < -0.3 is 15.1 Å². The molecule has 2 amide bonds. The molecule has 1 aliphatic rings. The Hall–Kier alpha value is -2.70. The lowest BCUT2D eigenvalue weighted by Gasteiger charge is -2.36. The highest BCUT2D eigenvalue weighted by Crippen LogP contribution is 2.22. The normalized spacial score (nSPS) is 14.5. The van der Waals surface area contributed by atoms with E-state index >= 15 is 0 Å². The van der Waals surface area contributed by atoms with Gasteiger partial charge in [-0.05, 0) is 49.2 Å². The quantitative estimate of drug-likeness (QED) is 0.817. The minimum atomic E-state index is -1.59. The second-order valence-corrected chi connectivity index (χ2v) is 6.47. The van der Waals surface area contributed by atoms with Crippen LogP contribution in [0.15, 0.2) is 30.3 Å². The van der Waals surface area contributed by atoms with Crippen LogP contribution in [0.25, 0.3) is 0 Å². The topological polar surface area (TPSA) is 35.6 Å². The Kier molecular flexibility index (Phi) is 5.06.